The minimum Gasteiger partial charge on any atom is -0.508 e. The van der Waals surface area contributed by atoms with Crippen LogP contribution in [-0.4, -0.2) is 94.9 Å². The van der Waals surface area contributed by atoms with Crippen molar-refractivity contribution in [3.63, 3.8) is 0 Å². The predicted molar refractivity (Wildman–Crippen MR) is 387 cm³/mol. The highest BCUT2D eigenvalue weighted by Crippen LogP contribution is 2.50. The average Bonchev–Trinajstić information content (AvgIpc) is 0.767. The molecule has 2 atom stereocenters. The Labute approximate surface area is 579 Å². The number of aromatic hydroxyl groups is 2. The second-order valence-corrected chi connectivity index (χ2v) is 27.0. The van der Waals surface area contributed by atoms with Crippen LogP contribution in [-0.2, 0) is 19.1 Å². The third kappa shape index (κ3) is 24.1. The van der Waals surface area contributed by atoms with Gasteiger partial charge in [0.05, 0.1) is 13.3 Å². The number of carbonyl (C=O) groups is 4. The molecule has 2 aliphatic rings. The van der Waals surface area contributed by atoms with Crippen molar-refractivity contribution in [3.05, 3.63) is 190 Å². The summed E-state index contributed by atoms with van der Waals surface area (Å²) in [5.74, 6) is 1.70. The van der Waals surface area contributed by atoms with E-state index in [0.717, 1.165) is 144 Å². The van der Waals surface area contributed by atoms with Gasteiger partial charge in [0.25, 0.3) is 0 Å². The molecule has 2 heterocycles. The lowest BCUT2D eigenvalue weighted by Crippen LogP contribution is -2.37. The normalized spacial score (nSPS) is 14.4. The third-order valence-electron chi connectivity index (χ3n) is 16.5. The Hall–Kier alpha value is -9.18. The summed E-state index contributed by atoms with van der Waals surface area (Å²) in [4.78, 5) is 52.9. The molecular formula is C82H100F2N2O12. The van der Waals surface area contributed by atoms with Crippen LogP contribution < -0.4 is 18.9 Å². The number of alkyl halides is 2. The third-order valence-corrected chi connectivity index (χ3v) is 16.5. The highest BCUT2D eigenvalue weighted by Gasteiger charge is 2.32. The SMILES string of the molecule is CC(=O)Oc1cccc(C2=C(C)c3cc(OC(C)=O)ccc3OC2c2ccc(/C=C/CN(CCCCCCCCCF)C(=O)OC(C)(C)C)cc2)c1.CC1=C(c2cccc(O)c2)C(c2ccc(/C=C/CN(CCCCCCCCCF)C(=O)OC(C)(C)C)cc2)Oc2ccc(O)cc21. The molecule has 16 heteroatoms. The summed E-state index contributed by atoms with van der Waals surface area (Å²) in [7, 11) is 0. The van der Waals surface area contributed by atoms with Gasteiger partial charge in [0.2, 0.25) is 0 Å². The van der Waals surface area contributed by atoms with Gasteiger partial charge in [-0.1, -0.05) is 161 Å². The Morgan fingerprint density at radius 2 is 0.857 bits per heavy atom. The molecule has 14 nitrogen and oxygen atoms in total. The van der Waals surface area contributed by atoms with Crippen molar-refractivity contribution < 1.29 is 66.6 Å². The summed E-state index contributed by atoms with van der Waals surface area (Å²) in [5.41, 5.74) is 9.65. The molecule has 2 unspecified atom stereocenters. The highest BCUT2D eigenvalue weighted by atomic mass is 19.1. The van der Waals surface area contributed by atoms with E-state index in [0.29, 0.717) is 62.0 Å². The first-order chi connectivity index (χ1) is 46.9. The van der Waals surface area contributed by atoms with Crippen LogP contribution in [0.25, 0.3) is 34.4 Å². The van der Waals surface area contributed by atoms with Crippen molar-refractivity contribution in [2.24, 2.45) is 0 Å². The van der Waals surface area contributed by atoms with Crippen molar-refractivity contribution in [1.29, 1.82) is 0 Å². The zero-order valence-corrected chi connectivity index (χ0v) is 58.9. The van der Waals surface area contributed by atoms with E-state index < -0.39 is 35.3 Å². The van der Waals surface area contributed by atoms with Crippen molar-refractivity contribution in [2.45, 2.75) is 183 Å². The largest absolute Gasteiger partial charge is 0.508 e. The van der Waals surface area contributed by atoms with E-state index in [1.807, 2.05) is 159 Å². The molecule has 2 aliphatic heterocycles. The number of halogens is 2. The van der Waals surface area contributed by atoms with Crippen molar-refractivity contribution in [2.75, 3.05) is 39.5 Å². The molecule has 524 valence electrons. The number of rotatable bonds is 30. The summed E-state index contributed by atoms with van der Waals surface area (Å²) in [6, 6.07) is 41.1. The molecule has 8 rings (SSSR count). The lowest BCUT2D eigenvalue weighted by atomic mass is 9.86. The Morgan fingerprint density at radius 1 is 0.469 bits per heavy atom. The fourth-order valence-corrected chi connectivity index (χ4v) is 11.8. The molecule has 0 aromatic heterocycles. The number of esters is 2. The maximum atomic E-state index is 13.0. The fourth-order valence-electron chi connectivity index (χ4n) is 11.8. The predicted octanol–water partition coefficient (Wildman–Crippen LogP) is 20.7. The average molecular weight is 1340 g/mol. The van der Waals surface area contributed by atoms with Crippen LogP contribution in [0.1, 0.15) is 216 Å². The number of hydrogen-bond acceptors (Lipinski definition) is 12. The Morgan fingerprint density at radius 3 is 1.29 bits per heavy atom. The Bertz CT molecular complexity index is 3730. The van der Waals surface area contributed by atoms with Gasteiger partial charge >= 0.3 is 24.1 Å². The fraction of sp³-hybridized carbons (Fsp3) is 0.415. The van der Waals surface area contributed by atoms with E-state index in [2.05, 4.69) is 0 Å². The summed E-state index contributed by atoms with van der Waals surface area (Å²) in [6.45, 7) is 19.5. The molecule has 0 saturated carbocycles. The van der Waals surface area contributed by atoms with Gasteiger partial charge in [-0.2, -0.15) is 0 Å². The molecule has 98 heavy (non-hydrogen) atoms. The minimum atomic E-state index is -0.592. The van der Waals surface area contributed by atoms with Gasteiger partial charge in [-0.15, -0.1) is 0 Å². The molecule has 0 fully saturated rings. The zero-order valence-electron chi connectivity index (χ0n) is 58.9. The van der Waals surface area contributed by atoms with Gasteiger partial charge in [0, 0.05) is 62.3 Å². The number of phenolic OH excluding ortho intramolecular Hbond substituents is 2. The number of phenols is 2. The number of carbonyl (C=O) groups excluding carboxylic acids is 4. The molecule has 0 spiro atoms. The van der Waals surface area contributed by atoms with E-state index in [-0.39, 0.29) is 37.0 Å². The quantitative estimate of drug-likeness (QED) is 0.0249. The molecule has 2 N–H and O–H groups in total. The number of fused-ring (bicyclic) bond motifs is 2. The molecule has 2 amide bonds. The number of unbranched alkanes of at least 4 members (excludes halogenated alkanes) is 12. The number of ether oxygens (including phenoxy) is 6. The van der Waals surface area contributed by atoms with Crippen LogP contribution >= 0.6 is 0 Å². The number of amides is 2. The van der Waals surface area contributed by atoms with Crippen molar-refractivity contribution in [1.82, 2.24) is 9.80 Å². The van der Waals surface area contributed by atoms with Crippen LogP contribution in [0.5, 0.6) is 34.5 Å². The highest BCUT2D eigenvalue weighted by molar-refractivity contribution is 5.97. The molecule has 6 aromatic carbocycles. The van der Waals surface area contributed by atoms with Gasteiger partial charge < -0.3 is 48.4 Å². The van der Waals surface area contributed by atoms with Crippen LogP contribution in [0, 0.1) is 0 Å². The Kier molecular flexibility index (Phi) is 29.2. The summed E-state index contributed by atoms with van der Waals surface area (Å²) in [6.07, 6.45) is 19.8. The number of nitrogens with zero attached hydrogens (tertiary/aromatic N) is 2. The van der Waals surface area contributed by atoms with E-state index in [4.69, 9.17) is 28.4 Å². The molecule has 6 aromatic rings. The second kappa shape index (κ2) is 37.5. The van der Waals surface area contributed by atoms with E-state index in [1.54, 1.807) is 64.4 Å². The number of benzene rings is 6. The molecular weight excluding hydrogens is 1240 g/mol. The number of hydrogen-bond donors (Lipinski definition) is 2. The van der Waals surface area contributed by atoms with Gasteiger partial charge in [-0.3, -0.25) is 18.4 Å². The Balaban J connectivity index is 0.000000278. The smallest absolute Gasteiger partial charge is 0.410 e. The van der Waals surface area contributed by atoms with Gasteiger partial charge in [0.15, 0.2) is 0 Å². The molecule has 0 radical (unpaired) electrons. The maximum Gasteiger partial charge on any atom is 0.410 e. The lowest BCUT2D eigenvalue weighted by Gasteiger charge is -2.31. The topological polar surface area (TPSA) is 171 Å². The number of allylic oxidation sites excluding steroid dienone is 2. The van der Waals surface area contributed by atoms with Crippen LogP contribution in [0.3, 0.4) is 0 Å². The zero-order chi connectivity index (χ0) is 70.8. The maximum absolute atomic E-state index is 13.0. The van der Waals surface area contributed by atoms with Gasteiger partial charge in [-0.05, 0) is 186 Å². The van der Waals surface area contributed by atoms with E-state index in [9.17, 15) is 38.2 Å². The van der Waals surface area contributed by atoms with E-state index in [1.165, 1.54) is 13.8 Å². The first-order valence-corrected chi connectivity index (χ1v) is 34.5. The van der Waals surface area contributed by atoms with Crippen molar-refractivity contribution >= 4 is 58.6 Å². The first kappa shape index (κ1) is 76.2. The van der Waals surface area contributed by atoms with Crippen LogP contribution in [0.4, 0.5) is 18.4 Å². The molecule has 0 saturated heterocycles. The van der Waals surface area contributed by atoms with E-state index >= 15 is 0 Å². The van der Waals surface area contributed by atoms with Crippen LogP contribution in [0.2, 0.25) is 0 Å². The lowest BCUT2D eigenvalue weighted by molar-refractivity contribution is -0.132. The summed E-state index contributed by atoms with van der Waals surface area (Å²) in [5, 5.41) is 20.4. The summed E-state index contributed by atoms with van der Waals surface area (Å²) >= 11 is 0. The molecule has 0 bridgehead atoms. The monoisotopic (exact) mass is 1340 g/mol. The van der Waals surface area contributed by atoms with Crippen LogP contribution in [0.15, 0.2) is 146 Å². The standard InChI is InChI=1S/C43H52FNO7.C39H48FNO5/c1-30-38-29-37(50-32(3)47)23-24-39(38)51-41(40(30)35-17-14-18-36(28-35)49-31(2)46)34-21-19-33(20-22-34)16-15-27-45(42(48)52-43(4,5)6)26-13-11-9-7-8-10-12-25-44;1-28-34-27-33(43)21-22-35(34)45-37(36(28)31-15-12-16-32(42)26-31)30-19-17-29(18-20-30)14-13-25-41(38(44)46-39(2,3)4)24-11-9-7-5-6-8-10-23-40/h14-24,28-29,41H,7-13,25-27H2,1-6H3;12-22,26-27,37,42-43H,5-11,23-25H2,1-4H3/b16-15+;14-13+. The van der Waals surface area contributed by atoms with Gasteiger partial charge in [0.1, 0.15) is 57.9 Å². The van der Waals surface area contributed by atoms with Gasteiger partial charge in [-0.25, -0.2) is 9.59 Å². The molecule has 0 aliphatic carbocycles. The minimum absolute atomic E-state index is 0.165. The van der Waals surface area contributed by atoms with Crippen molar-refractivity contribution in [3.8, 4) is 34.5 Å². The first-order valence-electron chi connectivity index (χ1n) is 34.5. The second-order valence-electron chi connectivity index (χ2n) is 27.0. The summed E-state index contributed by atoms with van der Waals surface area (Å²) < 4.78 is 59.9.